The molecule has 0 aliphatic rings. The van der Waals surface area contributed by atoms with Gasteiger partial charge < -0.3 is 10.1 Å². The van der Waals surface area contributed by atoms with Crippen LogP contribution in [0.1, 0.15) is 19.4 Å². The number of hydrogen-bond donors (Lipinski definition) is 1. The highest BCUT2D eigenvalue weighted by Gasteiger charge is 2.07. The Morgan fingerprint density at radius 2 is 2.13 bits per heavy atom. The third-order valence-corrected chi connectivity index (χ3v) is 2.12. The van der Waals surface area contributed by atoms with E-state index in [2.05, 4.69) is 19.2 Å². The lowest BCUT2D eigenvalue weighted by atomic mass is 10.1. The van der Waals surface area contributed by atoms with E-state index in [9.17, 15) is 4.39 Å². The van der Waals surface area contributed by atoms with E-state index in [1.165, 1.54) is 13.2 Å². The van der Waals surface area contributed by atoms with Gasteiger partial charge in [-0.3, -0.25) is 0 Å². The first-order valence-electron chi connectivity index (χ1n) is 5.17. The molecular weight excluding hydrogens is 193 g/mol. The fourth-order valence-corrected chi connectivity index (χ4v) is 1.42. The summed E-state index contributed by atoms with van der Waals surface area (Å²) in [6.07, 6.45) is 0. The van der Waals surface area contributed by atoms with Gasteiger partial charge in [0.25, 0.3) is 0 Å². The molecule has 1 rings (SSSR count). The molecule has 0 unspecified atom stereocenters. The summed E-state index contributed by atoms with van der Waals surface area (Å²) in [5, 5.41) is 3.26. The second-order valence-corrected chi connectivity index (χ2v) is 3.96. The van der Waals surface area contributed by atoms with E-state index in [1.54, 1.807) is 6.07 Å². The van der Waals surface area contributed by atoms with Gasteiger partial charge in [-0.1, -0.05) is 26.0 Å². The number of hydrogen-bond acceptors (Lipinski definition) is 2. The largest absolute Gasteiger partial charge is 0.493 e. The summed E-state index contributed by atoms with van der Waals surface area (Å²) in [6.45, 7) is 5.82. The Balaban J connectivity index is 2.64. The predicted molar refractivity (Wildman–Crippen MR) is 59.5 cm³/mol. The number of nitrogens with one attached hydrogen (secondary N) is 1. The molecule has 84 valence electrons. The van der Waals surface area contributed by atoms with Gasteiger partial charge in [0.05, 0.1) is 7.11 Å². The van der Waals surface area contributed by atoms with E-state index in [1.807, 2.05) is 6.07 Å². The van der Waals surface area contributed by atoms with Crippen LogP contribution in [0.15, 0.2) is 18.2 Å². The molecular formula is C12H18FNO. The summed E-state index contributed by atoms with van der Waals surface area (Å²) in [4.78, 5) is 0. The summed E-state index contributed by atoms with van der Waals surface area (Å²) in [5.41, 5.74) is 0.859. The van der Waals surface area contributed by atoms with Crippen LogP contribution in [0.4, 0.5) is 4.39 Å². The van der Waals surface area contributed by atoms with Gasteiger partial charge in [-0.25, -0.2) is 4.39 Å². The van der Waals surface area contributed by atoms with Gasteiger partial charge in [-0.2, -0.15) is 0 Å². The van der Waals surface area contributed by atoms with Crippen LogP contribution < -0.4 is 10.1 Å². The van der Waals surface area contributed by atoms with Crippen molar-refractivity contribution in [3.63, 3.8) is 0 Å². The van der Waals surface area contributed by atoms with Crippen molar-refractivity contribution in [2.24, 2.45) is 5.92 Å². The molecule has 0 heterocycles. The summed E-state index contributed by atoms with van der Waals surface area (Å²) in [7, 11) is 1.49. The molecule has 0 radical (unpaired) electrons. The Bertz CT molecular complexity index is 312. The highest BCUT2D eigenvalue weighted by molar-refractivity contribution is 5.34. The van der Waals surface area contributed by atoms with Crippen LogP contribution in [-0.2, 0) is 6.54 Å². The van der Waals surface area contributed by atoms with Gasteiger partial charge in [-0.15, -0.1) is 0 Å². The van der Waals surface area contributed by atoms with Crippen LogP contribution in [0.5, 0.6) is 5.75 Å². The molecule has 1 N–H and O–H groups in total. The fraction of sp³-hybridized carbons (Fsp3) is 0.500. The van der Waals surface area contributed by atoms with Crippen molar-refractivity contribution < 1.29 is 9.13 Å². The summed E-state index contributed by atoms with van der Waals surface area (Å²) < 4.78 is 18.3. The maximum Gasteiger partial charge on any atom is 0.165 e. The van der Waals surface area contributed by atoms with Crippen molar-refractivity contribution in [2.45, 2.75) is 20.4 Å². The zero-order valence-corrected chi connectivity index (χ0v) is 9.51. The molecule has 0 fully saturated rings. The molecule has 0 atom stereocenters. The van der Waals surface area contributed by atoms with Gasteiger partial charge in [0.2, 0.25) is 0 Å². The maximum atomic E-state index is 13.3. The van der Waals surface area contributed by atoms with Crippen LogP contribution in [0.3, 0.4) is 0 Å². The third kappa shape index (κ3) is 3.51. The Labute approximate surface area is 90.4 Å². The second-order valence-electron chi connectivity index (χ2n) is 3.96. The highest BCUT2D eigenvalue weighted by atomic mass is 19.1. The molecule has 0 spiro atoms. The van der Waals surface area contributed by atoms with E-state index >= 15 is 0 Å². The monoisotopic (exact) mass is 211 g/mol. The fourth-order valence-electron chi connectivity index (χ4n) is 1.42. The molecule has 0 saturated heterocycles. The summed E-state index contributed by atoms with van der Waals surface area (Å²) in [6, 6.07) is 4.98. The minimum absolute atomic E-state index is 0.304. The first kappa shape index (κ1) is 12.0. The minimum Gasteiger partial charge on any atom is -0.493 e. The number of para-hydroxylation sites is 1. The number of benzene rings is 1. The zero-order valence-electron chi connectivity index (χ0n) is 9.51. The quantitative estimate of drug-likeness (QED) is 0.808. The van der Waals surface area contributed by atoms with Gasteiger partial charge in [0.15, 0.2) is 11.6 Å². The highest BCUT2D eigenvalue weighted by Crippen LogP contribution is 2.21. The van der Waals surface area contributed by atoms with Crippen molar-refractivity contribution in [1.82, 2.24) is 5.32 Å². The molecule has 2 nitrogen and oxygen atoms in total. The van der Waals surface area contributed by atoms with Gasteiger partial charge in [-0.05, 0) is 18.5 Å². The summed E-state index contributed by atoms with van der Waals surface area (Å²) in [5.74, 6) is 0.625. The van der Waals surface area contributed by atoms with Crippen LogP contribution in [0, 0.1) is 11.7 Å². The van der Waals surface area contributed by atoms with Gasteiger partial charge >= 0.3 is 0 Å². The van der Waals surface area contributed by atoms with Crippen LogP contribution >= 0.6 is 0 Å². The Kier molecular flexibility index (Phi) is 4.56. The number of rotatable bonds is 5. The second kappa shape index (κ2) is 5.71. The standard InChI is InChI=1S/C12H18FNO/c1-9(2)7-14-8-10-5-4-6-11(13)12(10)15-3/h4-6,9,14H,7-8H2,1-3H3. The van der Waals surface area contributed by atoms with Crippen LogP contribution in [0.2, 0.25) is 0 Å². The predicted octanol–water partition coefficient (Wildman–Crippen LogP) is 2.58. The molecule has 1 aromatic rings. The lowest BCUT2D eigenvalue weighted by molar-refractivity contribution is 0.379. The molecule has 15 heavy (non-hydrogen) atoms. The first-order chi connectivity index (χ1) is 7.15. The molecule has 0 aromatic heterocycles. The molecule has 0 amide bonds. The number of methoxy groups -OCH3 is 1. The molecule has 0 saturated carbocycles. The van der Waals surface area contributed by atoms with E-state index in [-0.39, 0.29) is 5.82 Å². The smallest absolute Gasteiger partial charge is 0.165 e. The van der Waals surface area contributed by atoms with Crippen molar-refractivity contribution in [3.05, 3.63) is 29.6 Å². The molecule has 0 aliphatic carbocycles. The Hall–Kier alpha value is -1.09. The van der Waals surface area contributed by atoms with Gasteiger partial charge in [0.1, 0.15) is 0 Å². The lowest BCUT2D eigenvalue weighted by Gasteiger charge is -2.11. The van der Waals surface area contributed by atoms with Crippen molar-refractivity contribution in [1.29, 1.82) is 0 Å². The van der Waals surface area contributed by atoms with E-state index in [0.717, 1.165) is 12.1 Å². The van der Waals surface area contributed by atoms with Gasteiger partial charge in [0, 0.05) is 12.1 Å². The average Bonchev–Trinajstić information content (AvgIpc) is 2.17. The minimum atomic E-state index is -0.304. The molecule has 3 heteroatoms. The Morgan fingerprint density at radius 3 is 2.73 bits per heavy atom. The zero-order chi connectivity index (χ0) is 11.3. The molecule has 1 aromatic carbocycles. The lowest BCUT2D eigenvalue weighted by Crippen LogP contribution is -2.19. The topological polar surface area (TPSA) is 21.3 Å². The SMILES string of the molecule is COc1c(F)cccc1CNCC(C)C. The first-order valence-corrected chi connectivity index (χ1v) is 5.17. The van der Waals surface area contributed by atoms with E-state index < -0.39 is 0 Å². The number of halogens is 1. The molecule has 0 aliphatic heterocycles. The van der Waals surface area contributed by atoms with Crippen molar-refractivity contribution in [2.75, 3.05) is 13.7 Å². The maximum absolute atomic E-state index is 13.3. The summed E-state index contributed by atoms with van der Waals surface area (Å²) >= 11 is 0. The van der Waals surface area contributed by atoms with E-state index in [0.29, 0.717) is 18.2 Å². The van der Waals surface area contributed by atoms with Crippen molar-refractivity contribution >= 4 is 0 Å². The average molecular weight is 211 g/mol. The normalized spacial score (nSPS) is 10.7. The van der Waals surface area contributed by atoms with Crippen LogP contribution in [-0.4, -0.2) is 13.7 Å². The van der Waals surface area contributed by atoms with E-state index in [4.69, 9.17) is 4.74 Å². The Morgan fingerprint density at radius 1 is 1.40 bits per heavy atom. The third-order valence-electron chi connectivity index (χ3n) is 2.12. The number of ether oxygens (including phenoxy) is 1. The van der Waals surface area contributed by atoms with Crippen LogP contribution in [0.25, 0.3) is 0 Å². The van der Waals surface area contributed by atoms with Crippen molar-refractivity contribution in [3.8, 4) is 5.75 Å². The molecule has 0 bridgehead atoms.